The SMILES string of the molecule is C=CCOc1ccc(C[C@H](NC(C)=O)C(=O)N[C@H](CCCC[NH3+])C(=O)N[C@@H](CC=C)C(=O)OC)cc1. The minimum Gasteiger partial charge on any atom is -0.490 e. The number of rotatable bonds is 17. The van der Waals surface area contributed by atoms with Crippen LogP contribution in [0.4, 0.5) is 0 Å². The van der Waals surface area contributed by atoms with Gasteiger partial charge in [0.15, 0.2) is 0 Å². The number of hydrogen-bond acceptors (Lipinski definition) is 6. The molecule has 0 saturated heterocycles. The van der Waals surface area contributed by atoms with Gasteiger partial charge in [0.2, 0.25) is 17.7 Å². The average molecular weight is 504 g/mol. The Balaban J connectivity index is 3.01. The van der Waals surface area contributed by atoms with Crippen molar-refractivity contribution in [1.82, 2.24) is 16.0 Å². The number of carbonyl (C=O) groups is 4. The largest absolute Gasteiger partial charge is 0.490 e. The molecule has 0 fully saturated rings. The molecule has 0 aliphatic heterocycles. The molecule has 3 amide bonds. The highest BCUT2D eigenvalue weighted by molar-refractivity contribution is 5.93. The molecule has 0 radical (unpaired) electrons. The number of unbranched alkanes of at least 4 members (excludes halogenated alkanes) is 1. The molecule has 1 aromatic rings. The van der Waals surface area contributed by atoms with Crippen LogP contribution in [0, 0.1) is 0 Å². The van der Waals surface area contributed by atoms with E-state index in [-0.39, 0.29) is 18.7 Å². The van der Waals surface area contributed by atoms with Crippen LogP contribution in [0.15, 0.2) is 49.6 Å². The van der Waals surface area contributed by atoms with Crippen molar-refractivity contribution >= 4 is 23.7 Å². The maximum atomic E-state index is 13.2. The Morgan fingerprint density at radius 1 is 0.944 bits per heavy atom. The lowest BCUT2D eigenvalue weighted by molar-refractivity contribution is -0.368. The summed E-state index contributed by atoms with van der Waals surface area (Å²) in [5.74, 6) is -1.36. The van der Waals surface area contributed by atoms with Gasteiger partial charge in [0, 0.05) is 13.3 Å². The highest BCUT2D eigenvalue weighted by atomic mass is 16.5. The molecular weight excluding hydrogens is 464 g/mol. The van der Waals surface area contributed by atoms with E-state index in [1.807, 2.05) is 0 Å². The number of carbonyl (C=O) groups excluding carboxylic acids is 4. The third-order valence-corrected chi connectivity index (χ3v) is 5.26. The third kappa shape index (κ3) is 11.2. The lowest BCUT2D eigenvalue weighted by Gasteiger charge is -2.24. The first-order valence-electron chi connectivity index (χ1n) is 11.9. The normalized spacial score (nSPS) is 12.9. The third-order valence-electron chi connectivity index (χ3n) is 5.26. The number of hydrogen-bond donors (Lipinski definition) is 4. The Bertz CT molecular complexity index is 887. The summed E-state index contributed by atoms with van der Waals surface area (Å²) in [6.45, 7) is 9.59. The van der Waals surface area contributed by atoms with Gasteiger partial charge in [-0.05, 0) is 43.4 Å². The van der Waals surface area contributed by atoms with E-state index in [1.165, 1.54) is 20.1 Å². The Morgan fingerprint density at radius 3 is 2.14 bits per heavy atom. The summed E-state index contributed by atoms with van der Waals surface area (Å²) >= 11 is 0. The maximum absolute atomic E-state index is 13.2. The summed E-state index contributed by atoms with van der Waals surface area (Å²) in [5, 5.41) is 8.03. The van der Waals surface area contributed by atoms with Gasteiger partial charge < -0.3 is 31.2 Å². The number of benzene rings is 1. The average Bonchev–Trinajstić information content (AvgIpc) is 2.86. The van der Waals surface area contributed by atoms with Gasteiger partial charge in [-0.15, -0.1) is 6.58 Å². The first-order valence-corrected chi connectivity index (χ1v) is 11.9. The highest BCUT2D eigenvalue weighted by Crippen LogP contribution is 2.14. The van der Waals surface area contributed by atoms with E-state index in [4.69, 9.17) is 9.47 Å². The van der Waals surface area contributed by atoms with E-state index >= 15 is 0 Å². The second-order valence-electron chi connectivity index (χ2n) is 8.22. The van der Waals surface area contributed by atoms with Crippen LogP contribution in [-0.2, 0) is 30.3 Å². The minimum absolute atomic E-state index is 0.180. The van der Waals surface area contributed by atoms with E-state index in [2.05, 4.69) is 34.8 Å². The zero-order chi connectivity index (χ0) is 26.9. The van der Waals surface area contributed by atoms with Gasteiger partial charge in [-0.3, -0.25) is 14.4 Å². The number of nitrogens with one attached hydrogen (secondary N) is 3. The van der Waals surface area contributed by atoms with E-state index in [1.54, 1.807) is 30.3 Å². The Labute approximate surface area is 212 Å². The quantitative estimate of drug-likeness (QED) is 0.138. The van der Waals surface area contributed by atoms with Crippen molar-refractivity contribution in [3.8, 4) is 5.75 Å². The summed E-state index contributed by atoms with van der Waals surface area (Å²) in [7, 11) is 1.23. The van der Waals surface area contributed by atoms with Crippen molar-refractivity contribution in [2.24, 2.45) is 0 Å². The number of ether oxygens (including phenoxy) is 2. The molecule has 0 bridgehead atoms. The fourth-order valence-electron chi connectivity index (χ4n) is 3.43. The Morgan fingerprint density at radius 2 is 1.58 bits per heavy atom. The topological polar surface area (TPSA) is 150 Å². The van der Waals surface area contributed by atoms with Gasteiger partial charge in [-0.25, -0.2) is 4.79 Å². The van der Waals surface area contributed by atoms with Crippen molar-refractivity contribution in [3.05, 3.63) is 55.1 Å². The van der Waals surface area contributed by atoms with Crippen molar-refractivity contribution in [3.63, 3.8) is 0 Å². The summed E-state index contributed by atoms with van der Waals surface area (Å²) < 4.78 is 10.2. The molecular formula is C26H39N4O6+. The second kappa shape index (κ2) is 16.9. The predicted octanol–water partition coefficient (Wildman–Crippen LogP) is 0.430. The van der Waals surface area contributed by atoms with Crippen molar-refractivity contribution in [2.45, 2.75) is 57.2 Å². The van der Waals surface area contributed by atoms with Gasteiger partial charge >= 0.3 is 5.97 Å². The van der Waals surface area contributed by atoms with Crippen LogP contribution >= 0.6 is 0 Å². The van der Waals surface area contributed by atoms with E-state index in [0.717, 1.165) is 12.0 Å². The maximum Gasteiger partial charge on any atom is 0.328 e. The number of amides is 3. The summed E-state index contributed by atoms with van der Waals surface area (Å²) in [6, 6.07) is 4.40. The molecule has 0 saturated carbocycles. The fourth-order valence-corrected chi connectivity index (χ4v) is 3.43. The molecule has 3 atom stereocenters. The minimum atomic E-state index is -0.916. The molecule has 10 heteroatoms. The molecule has 6 N–H and O–H groups in total. The summed E-state index contributed by atoms with van der Waals surface area (Å²) in [5.41, 5.74) is 4.60. The zero-order valence-corrected chi connectivity index (χ0v) is 21.2. The summed E-state index contributed by atoms with van der Waals surface area (Å²) in [4.78, 5) is 50.0. The highest BCUT2D eigenvalue weighted by Gasteiger charge is 2.29. The van der Waals surface area contributed by atoms with Gasteiger partial charge in [0.05, 0.1) is 13.7 Å². The second-order valence-corrected chi connectivity index (χ2v) is 8.22. The monoisotopic (exact) mass is 503 g/mol. The smallest absolute Gasteiger partial charge is 0.328 e. The van der Waals surface area contributed by atoms with Crippen LogP contribution in [0.5, 0.6) is 5.75 Å². The van der Waals surface area contributed by atoms with Crippen molar-refractivity contribution in [2.75, 3.05) is 20.3 Å². The Hall–Kier alpha value is -3.66. The first kappa shape index (κ1) is 30.4. The molecule has 0 aromatic heterocycles. The molecule has 0 heterocycles. The van der Waals surface area contributed by atoms with Gasteiger partial charge in [-0.1, -0.05) is 30.9 Å². The molecule has 0 spiro atoms. The zero-order valence-electron chi connectivity index (χ0n) is 21.2. The van der Waals surface area contributed by atoms with Gasteiger partial charge in [0.1, 0.15) is 30.5 Å². The van der Waals surface area contributed by atoms with Crippen LogP contribution in [0.25, 0.3) is 0 Å². The lowest BCUT2D eigenvalue weighted by Crippen LogP contribution is -2.56. The van der Waals surface area contributed by atoms with Crippen LogP contribution in [0.1, 0.15) is 38.2 Å². The molecule has 0 aliphatic rings. The lowest BCUT2D eigenvalue weighted by atomic mass is 10.0. The molecule has 198 valence electrons. The molecule has 0 unspecified atom stereocenters. The predicted molar refractivity (Wildman–Crippen MR) is 136 cm³/mol. The summed E-state index contributed by atoms with van der Waals surface area (Å²) in [6.07, 6.45) is 5.28. The van der Waals surface area contributed by atoms with Gasteiger partial charge in [0.25, 0.3) is 0 Å². The number of esters is 1. The van der Waals surface area contributed by atoms with Crippen molar-refractivity contribution < 1.29 is 34.4 Å². The van der Waals surface area contributed by atoms with Gasteiger partial charge in [-0.2, -0.15) is 0 Å². The molecule has 1 rings (SSSR count). The van der Waals surface area contributed by atoms with Crippen LogP contribution < -0.4 is 26.4 Å². The molecule has 1 aromatic carbocycles. The molecule has 10 nitrogen and oxygen atoms in total. The molecule has 0 aliphatic carbocycles. The van der Waals surface area contributed by atoms with Crippen LogP contribution in [0.2, 0.25) is 0 Å². The standard InChI is InChI=1S/C26H38N4O6/c1-5-9-22(26(34)35-4)30-24(32)21(10-7-8-15-27)29-25(33)23(28-18(3)31)17-19-11-13-20(14-12-19)36-16-6-2/h5-6,11-14,21-23H,1-2,7-10,15-17,27H2,3-4H3,(H,28,31)(H,29,33)(H,30,32)/p+1/t21-,22+,23+/m1/s1. The first-order chi connectivity index (χ1) is 17.2. The Kier molecular flexibility index (Phi) is 14.2. The molecule has 36 heavy (non-hydrogen) atoms. The van der Waals surface area contributed by atoms with E-state index in [0.29, 0.717) is 31.7 Å². The number of methoxy groups -OCH3 is 1. The van der Waals surface area contributed by atoms with E-state index < -0.39 is 35.9 Å². The van der Waals surface area contributed by atoms with Crippen LogP contribution in [-0.4, -0.2) is 62.1 Å². The number of quaternary nitrogens is 1. The fraction of sp³-hybridized carbons (Fsp3) is 0.462. The van der Waals surface area contributed by atoms with E-state index in [9.17, 15) is 19.2 Å². The van der Waals surface area contributed by atoms with Crippen LogP contribution in [0.3, 0.4) is 0 Å². The van der Waals surface area contributed by atoms with Crippen molar-refractivity contribution in [1.29, 1.82) is 0 Å².